The van der Waals surface area contributed by atoms with Crippen LogP contribution < -0.4 is 5.73 Å². The van der Waals surface area contributed by atoms with Crippen molar-refractivity contribution in [2.75, 3.05) is 33.0 Å². The van der Waals surface area contributed by atoms with Crippen LogP contribution >= 0.6 is 7.82 Å². The van der Waals surface area contributed by atoms with E-state index in [1.54, 1.807) is 0 Å². The number of rotatable bonds is 42. The number of allylic oxidation sites excluding steroid dienone is 16. The zero-order valence-electron chi connectivity index (χ0n) is 36.7. The van der Waals surface area contributed by atoms with Crippen molar-refractivity contribution in [2.45, 2.75) is 174 Å². The standard InChI is InChI=1S/C49H84NO7P/c1-3-5-7-9-11-13-15-17-19-20-21-22-23-24-25-26-27-29-31-33-35-37-39-41-44-54-46-48(47-56-58(52,53)55-45-43-50)57-49(51)42-40-38-36-34-32-30-28-18-16-14-12-10-8-6-4-2/h5-8,11-14,17-19,21-22,24-25,28,48H,3-4,9-10,15-16,20,23,26-27,29-47,50H2,1-2H3,(H,52,53)/b7-5-,8-6-,13-11-,14-12-,19-17-,22-21-,25-24-,28-18-. The highest BCUT2D eigenvalue weighted by atomic mass is 31.2. The largest absolute Gasteiger partial charge is 0.472 e. The Balaban J connectivity index is 4.05. The molecule has 0 aromatic carbocycles. The summed E-state index contributed by atoms with van der Waals surface area (Å²) in [6.07, 6.45) is 60.0. The minimum Gasteiger partial charge on any atom is -0.457 e. The second-order valence-corrected chi connectivity index (χ2v) is 16.0. The highest BCUT2D eigenvalue weighted by Gasteiger charge is 2.25. The van der Waals surface area contributed by atoms with E-state index in [-0.39, 0.29) is 32.3 Å². The Bertz CT molecular complexity index is 1200. The van der Waals surface area contributed by atoms with Crippen molar-refractivity contribution in [3.8, 4) is 0 Å². The van der Waals surface area contributed by atoms with Crippen molar-refractivity contribution >= 4 is 13.8 Å². The van der Waals surface area contributed by atoms with Crippen LogP contribution in [-0.4, -0.2) is 49.9 Å². The van der Waals surface area contributed by atoms with Gasteiger partial charge in [-0.15, -0.1) is 0 Å². The van der Waals surface area contributed by atoms with Gasteiger partial charge < -0.3 is 20.1 Å². The average Bonchev–Trinajstić information content (AvgIpc) is 3.21. The number of carbonyl (C=O) groups is 1. The first-order valence-corrected chi connectivity index (χ1v) is 24.2. The Hall–Kier alpha value is -2.58. The van der Waals surface area contributed by atoms with Gasteiger partial charge in [0.2, 0.25) is 0 Å². The third-order valence-corrected chi connectivity index (χ3v) is 9.98. The lowest BCUT2D eigenvalue weighted by molar-refractivity contribution is -0.154. The van der Waals surface area contributed by atoms with Crippen molar-refractivity contribution < 1.29 is 32.8 Å². The normalized spacial score (nSPS) is 14.3. The minimum absolute atomic E-state index is 0.0902. The number of phosphoric acid groups is 1. The lowest BCUT2D eigenvalue weighted by atomic mass is 10.1. The fraction of sp³-hybridized carbons (Fsp3) is 0.653. The Labute approximate surface area is 355 Å². The maximum atomic E-state index is 12.6. The molecule has 0 aliphatic heterocycles. The summed E-state index contributed by atoms with van der Waals surface area (Å²) in [5.41, 5.74) is 5.37. The first kappa shape index (κ1) is 55.4. The number of hydrogen-bond donors (Lipinski definition) is 2. The summed E-state index contributed by atoms with van der Waals surface area (Å²) in [7, 11) is -4.29. The SMILES string of the molecule is CC/C=C\C/C=C\C/C=C\C/C=C\C/C=C\CCCCCCCCCCOCC(COP(=O)(O)OCCN)OC(=O)CCCCCCC/C=C\C/C=C\C/C=C\CC. The molecular formula is C49H84NO7P. The van der Waals surface area contributed by atoms with Crippen molar-refractivity contribution in [2.24, 2.45) is 5.73 Å². The van der Waals surface area contributed by atoms with E-state index in [1.807, 2.05) is 0 Å². The molecule has 332 valence electrons. The Morgan fingerprint density at radius 1 is 0.517 bits per heavy atom. The molecule has 0 amide bonds. The van der Waals surface area contributed by atoms with Gasteiger partial charge in [-0.25, -0.2) is 4.57 Å². The summed E-state index contributed by atoms with van der Waals surface area (Å²) in [6, 6.07) is 0. The predicted molar refractivity (Wildman–Crippen MR) is 247 cm³/mol. The minimum atomic E-state index is -4.29. The molecule has 0 aliphatic carbocycles. The van der Waals surface area contributed by atoms with Gasteiger partial charge in [0.15, 0.2) is 0 Å². The molecule has 0 aromatic heterocycles. The third kappa shape index (κ3) is 44.5. The molecule has 0 rings (SSSR count). The molecule has 0 aromatic rings. The van der Waals surface area contributed by atoms with E-state index in [9.17, 15) is 14.3 Å². The molecule has 0 saturated heterocycles. The summed E-state index contributed by atoms with van der Waals surface area (Å²) in [6.45, 7) is 4.63. The van der Waals surface area contributed by atoms with E-state index >= 15 is 0 Å². The van der Waals surface area contributed by atoms with Gasteiger partial charge in [0.05, 0.1) is 19.8 Å². The van der Waals surface area contributed by atoms with E-state index in [0.29, 0.717) is 13.0 Å². The molecule has 9 heteroatoms. The predicted octanol–water partition coefficient (Wildman–Crippen LogP) is 13.9. The van der Waals surface area contributed by atoms with E-state index in [4.69, 9.17) is 24.3 Å². The second kappa shape index (κ2) is 45.5. The summed E-state index contributed by atoms with van der Waals surface area (Å²) in [5.74, 6) is -0.355. The Morgan fingerprint density at radius 3 is 1.36 bits per heavy atom. The second-order valence-electron chi connectivity index (χ2n) is 14.5. The molecule has 2 atom stereocenters. The molecule has 0 saturated carbocycles. The average molecular weight is 830 g/mol. The Morgan fingerprint density at radius 2 is 0.914 bits per heavy atom. The highest BCUT2D eigenvalue weighted by Crippen LogP contribution is 2.43. The molecule has 0 spiro atoms. The van der Waals surface area contributed by atoms with Crippen LogP contribution in [0.25, 0.3) is 0 Å². The first-order chi connectivity index (χ1) is 28.4. The third-order valence-electron chi connectivity index (χ3n) is 9.00. The van der Waals surface area contributed by atoms with E-state index < -0.39 is 13.9 Å². The number of ether oxygens (including phenoxy) is 2. The van der Waals surface area contributed by atoms with Gasteiger partial charge in [0.1, 0.15) is 6.10 Å². The van der Waals surface area contributed by atoms with Gasteiger partial charge in [0.25, 0.3) is 0 Å². The van der Waals surface area contributed by atoms with Crippen LogP contribution in [0.15, 0.2) is 97.2 Å². The van der Waals surface area contributed by atoms with Crippen LogP contribution in [0.5, 0.6) is 0 Å². The number of nitrogens with two attached hydrogens (primary N) is 1. The fourth-order valence-electron chi connectivity index (χ4n) is 5.74. The van der Waals surface area contributed by atoms with Gasteiger partial charge in [-0.2, -0.15) is 0 Å². The van der Waals surface area contributed by atoms with Crippen LogP contribution in [-0.2, 0) is 27.9 Å². The van der Waals surface area contributed by atoms with E-state index in [2.05, 4.69) is 111 Å². The van der Waals surface area contributed by atoms with Gasteiger partial charge in [0, 0.05) is 19.6 Å². The number of esters is 1. The molecule has 3 N–H and O–H groups in total. The number of phosphoric ester groups is 1. The topological polar surface area (TPSA) is 117 Å². The van der Waals surface area contributed by atoms with E-state index in [1.165, 1.54) is 32.1 Å². The number of unbranched alkanes of at least 4 members (excludes halogenated alkanes) is 13. The molecule has 8 nitrogen and oxygen atoms in total. The van der Waals surface area contributed by atoms with Gasteiger partial charge in [-0.1, -0.05) is 169 Å². The molecule has 0 fully saturated rings. The Kier molecular flexibility index (Phi) is 43.5. The lowest BCUT2D eigenvalue weighted by Gasteiger charge is -2.20. The maximum absolute atomic E-state index is 12.6. The number of carbonyl (C=O) groups excluding carboxylic acids is 1. The quantitative estimate of drug-likeness (QED) is 0.0270. The van der Waals surface area contributed by atoms with Crippen LogP contribution in [0.3, 0.4) is 0 Å². The van der Waals surface area contributed by atoms with Crippen LogP contribution in [0, 0.1) is 0 Å². The molecule has 0 aliphatic rings. The maximum Gasteiger partial charge on any atom is 0.472 e. The van der Waals surface area contributed by atoms with Crippen LogP contribution in [0.4, 0.5) is 0 Å². The van der Waals surface area contributed by atoms with Crippen molar-refractivity contribution in [3.63, 3.8) is 0 Å². The fourth-order valence-corrected chi connectivity index (χ4v) is 6.51. The van der Waals surface area contributed by atoms with Crippen LogP contribution in [0.2, 0.25) is 0 Å². The number of hydrogen-bond acceptors (Lipinski definition) is 7. The smallest absolute Gasteiger partial charge is 0.457 e. The molecule has 0 bridgehead atoms. The van der Waals surface area contributed by atoms with Gasteiger partial charge in [-0.3, -0.25) is 13.8 Å². The molecule has 2 unspecified atom stereocenters. The summed E-state index contributed by atoms with van der Waals surface area (Å²) in [4.78, 5) is 22.5. The van der Waals surface area contributed by atoms with Crippen molar-refractivity contribution in [3.05, 3.63) is 97.2 Å². The van der Waals surface area contributed by atoms with Gasteiger partial charge >= 0.3 is 13.8 Å². The molecular weight excluding hydrogens is 746 g/mol. The summed E-state index contributed by atoms with van der Waals surface area (Å²) >= 11 is 0. The van der Waals surface area contributed by atoms with Gasteiger partial charge in [-0.05, 0) is 89.9 Å². The monoisotopic (exact) mass is 830 g/mol. The molecule has 0 radical (unpaired) electrons. The zero-order valence-corrected chi connectivity index (χ0v) is 37.6. The van der Waals surface area contributed by atoms with Crippen molar-refractivity contribution in [1.82, 2.24) is 0 Å². The molecule has 0 heterocycles. The van der Waals surface area contributed by atoms with Crippen LogP contribution in [0.1, 0.15) is 168 Å². The highest BCUT2D eigenvalue weighted by molar-refractivity contribution is 7.47. The summed E-state index contributed by atoms with van der Waals surface area (Å²) < 4.78 is 33.4. The zero-order chi connectivity index (χ0) is 42.3. The lowest BCUT2D eigenvalue weighted by Crippen LogP contribution is -2.28. The van der Waals surface area contributed by atoms with E-state index in [0.717, 1.165) is 116 Å². The molecule has 58 heavy (non-hydrogen) atoms. The van der Waals surface area contributed by atoms with Crippen molar-refractivity contribution in [1.29, 1.82) is 0 Å². The first-order valence-electron chi connectivity index (χ1n) is 22.7. The summed E-state index contributed by atoms with van der Waals surface area (Å²) in [5, 5.41) is 0.